The Morgan fingerprint density at radius 3 is 2.43 bits per heavy atom. The van der Waals surface area contributed by atoms with E-state index in [0.29, 0.717) is 18.5 Å². The quantitative estimate of drug-likeness (QED) is 0.311. The molecule has 0 aromatic rings. The van der Waals surface area contributed by atoms with E-state index in [1.165, 1.54) is 6.42 Å². The molecule has 7 nitrogen and oxygen atoms in total. The van der Waals surface area contributed by atoms with Crippen LogP contribution in [0.15, 0.2) is 4.99 Å². The van der Waals surface area contributed by atoms with Gasteiger partial charge in [-0.25, -0.2) is 0 Å². The first-order valence-electron chi connectivity index (χ1n) is 11.5. The zero-order chi connectivity index (χ0) is 20.9. The van der Waals surface area contributed by atoms with E-state index in [0.717, 1.165) is 71.1 Å². The minimum atomic E-state index is 0. The number of halogens is 1. The van der Waals surface area contributed by atoms with Crippen LogP contribution < -0.4 is 10.6 Å². The summed E-state index contributed by atoms with van der Waals surface area (Å²) in [5.41, 5.74) is 0.144. The average molecular weight is 536 g/mol. The maximum atomic E-state index is 12.1. The Bertz CT molecular complexity index is 568. The highest BCUT2D eigenvalue weighted by Crippen LogP contribution is 2.34. The fraction of sp³-hybridized carbons (Fsp3) is 0.909. The van der Waals surface area contributed by atoms with Crippen molar-refractivity contribution in [3.63, 3.8) is 0 Å². The van der Waals surface area contributed by atoms with Gasteiger partial charge in [0.1, 0.15) is 0 Å². The van der Waals surface area contributed by atoms with E-state index in [1.807, 2.05) is 0 Å². The number of amides is 1. The van der Waals surface area contributed by atoms with Crippen molar-refractivity contribution in [3.8, 4) is 0 Å². The molecule has 0 bridgehead atoms. The first kappa shape index (κ1) is 25.6. The summed E-state index contributed by atoms with van der Waals surface area (Å²) in [5, 5.41) is 6.56. The summed E-state index contributed by atoms with van der Waals surface area (Å²) in [6.45, 7) is 15.6. The van der Waals surface area contributed by atoms with Crippen LogP contribution in [0.4, 0.5) is 0 Å². The Kier molecular flexibility index (Phi) is 10.1. The molecule has 3 fully saturated rings. The summed E-state index contributed by atoms with van der Waals surface area (Å²) in [6.07, 6.45) is 4.87. The van der Waals surface area contributed by atoms with E-state index in [-0.39, 0.29) is 41.4 Å². The van der Waals surface area contributed by atoms with Crippen molar-refractivity contribution in [1.29, 1.82) is 0 Å². The predicted octanol–water partition coefficient (Wildman–Crippen LogP) is 2.31. The van der Waals surface area contributed by atoms with E-state index < -0.39 is 0 Å². The second kappa shape index (κ2) is 11.9. The lowest BCUT2D eigenvalue weighted by molar-refractivity contribution is -0.122. The topological polar surface area (TPSA) is 69.2 Å². The van der Waals surface area contributed by atoms with Crippen LogP contribution in [0.3, 0.4) is 0 Å². The van der Waals surface area contributed by atoms with Gasteiger partial charge in [-0.15, -0.1) is 24.0 Å². The average Bonchev–Trinajstić information content (AvgIpc) is 3.49. The van der Waals surface area contributed by atoms with Gasteiger partial charge in [-0.3, -0.25) is 14.7 Å². The van der Waals surface area contributed by atoms with Gasteiger partial charge < -0.3 is 20.3 Å². The van der Waals surface area contributed by atoms with Crippen LogP contribution in [0.25, 0.3) is 0 Å². The molecule has 1 amide bonds. The Morgan fingerprint density at radius 1 is 1.13 bits per heavy atom. The van der Waals surface area contributed by atoms with Gasteiger partial charge in [0.25, 0.3) is 0 Å². The SMILES string of the molecule is CCNC(=NCC1CCCOC1C(C)(C)C)N1CCN(CC(=O)NC2CC2)CC1.I. The van der Waals surface area contributed by atoms with Crippen LogP contribution in [0.2, 0.25) is 0 Å². The van der Waals surface area contributed by atoms with E-state index in [4.69, 9.17) is 9.73 Å². The molecule has 0 spiro atoms. The molecule has 0 aromatic heterocycles. The molecule has 2 unspecified atom stereocenters. The molecule has 1 saturated carbocycles. The van der Waals surface area contributed by atoms with Crippen LogP contribution in [0.1, 0.15) is 53.4 Å². The Labute approximate surface area is 199 Å². The third-order valence-corrected chi connectivity index (χ3v) is 6.09. The summed E-state index contributed by atoms with van der Waals surface area (Å²) in [6, 6.07) is 0.442. The summed E-state index contributed by atoms with van der Waals surface area (Å²) >= 11 is 0. The molecule has 2 atom stereocenters. The van der Waals surface area contributed by atoms with Crippen LogP contribution in [0, 0.1) is 11.3 Å². The maximum Gasteiger partial charge on any atom is 0.234 e. The molecule has 2 saturated heterocycles. The number of nitrogens with zero attached hydrogens (tertiary/aromatic N) is 3. The lowest BCUT2D eigenvalue weighted by Gasteiger charge is -2.40. The zero-order valence-corrected chi connectivity index (χ0v) is 21.6. The molecule has 0 radical (unpaired) electrons. The number of carbonyl (C=O) groups excluding carboxylic acids is 1. The molecule has 3 rings (SSSR count). The lowest BCUT2D eigenvalue weighted by atomic mass is 9.78. The molecular formula is C22H42IN5O2. The van der Waals surface area contributed by atoms with E-state index in [1.54, 1.807) is 0 Å². The Morgan fingerprint density at radius 2 is 1.83 bits per heavy atom. The largest absolute Gasteiger partial charge is 0.377 e. The van der Waals surface area contributed by atoms with Gasteiger partial charge in [0.05, 0.1) is 12.6 Å². The Hall–Kier alpha value is -0.610. The number of guanidine groups is 1. The van der Waals surface area contributed by atoms with Gasteiger partial charge >= 0.3 is 0 Å². The molecule has 1 aliphatic carbocycles. The highest BCUT2D eigenvalue weighted by molar-refractivity contribution is 14.0. The summed E-state index contributed by atoms with van der Waals surface area (Å²) < 4.78 is 6.13. The molecule has 2 aliphatic heterocycles. The van der Waals surface area contributed by atoms with Crippen molar-refractivity contribution in [3.05, 3.63) is 0 Å². The fourth-order valence-electron chi connectivity index (χ4n) is 4.44. The number of rotatable bonds is 6. The molecule has 8 heteroatoms. The first-order chi connectivity index (χ1) is 13.9. The number of ether oxygens (including phenoxy) is 1. The number of aliphatic imine (C=N–C) groups is 1. The van der Waals surface area contributed by atoms with Gasteiger partial charge in [0.2, 0.25) is 5.91 Å². The number of hydrogen-bond acceptors (Lipinski definition) is 4. The smallest absolute Gasteiger partial charge is 0.234 e. The number of piperazine rings is 1. The van der Waals surface area contributed by atoms with E-state index in [9.17, 15) is 4.79 Å². The Balaban J connectivity index is 0.00000320. The van der Waals surface area contributed by atoms with Crippen molar-refractivity contribution < 1.29 is 9.53 Å². The first-order valence-corrected chi connectivity index (χ1v) is 11.5. The van der Waals surface area contributed by atoms with E-state index in [2.05, 4.69) is 48.1 Å². The van der Waals surface area contributed by atoms with Gasteiger partial charge in [-0.1, -0.05) is 20.8 Å². The molecular weight excluding hydrogens is 493 g/mol. The zero-order valence-electron chi connectivity index (χ0n) is 19.3. The van der Waals surface area contributed by atoms with Crippen LogP contribution >= 0.6 is 24.0 Å². The highest BCUT2D eigenvalue weighted by Gasteiger charge is 2.35. The van der Waals surface area contributed by atoms with Crippen LogP contribution in [0.5, 0.6) is 0 Å². The van der Waals surface area contributed by atoms with Crippen molar-refractivity contribution in [2.75, 3.05) is 52.4 Å². The fourth-order valence-corrected chi connectivity index (χ4v) is 4.44. The monoisotopic (exact) mass is 535 g/mol. The normalized spacial score (nSPS) is 26.1. The highest BCUT2D eigenvalue weighted by atomic mass is 127. The van der Waals surface area contributed by atoms with Gasteiger partial charge in [0, 0.05) is 57.8 Å². The molecule has 2 heterocycles. The summed E-state index contributed by atoms with van der Waals surface area (Å²) in [4.78, 5) is 21.7. The third kappa shape index (κ3) is 7.82. The van der Waals surface area contributed by atoms with Gasteiger partial charge in [0.15, 0.2) is 5.96 Å². The molecule has 0 aromatic carbocycles. The molecule has 2 N–H and O–H groups in total. The van der Waals surface area contributed by atoms with Crippen LogP contribution in [-0.4, -0.2) is 86.2 Å². The van der Waals surface area contributed by atoms with E-state index >= 15 is 0 Å². The standard InChI is InChI=1S/C22H41N5O2.HI/c1-5-23-21(24-15-17-7-6-14-29-20(17)22(2,3)4)27-12-10-26(11-13-27)16-19(28)25-18-8-9-18;/h17-18,20H,5-16H2,1-4H3,(H,23,24)(H,25,28);1H. The lowest BCUT2D eigenvalue weighted by Crippen LogP contribution is -2.54. The number of hydrogen-bond donors (Lipinski definition) is 2. The second-order valence-corrected chi connectivity index (χ2v) is 9.86. The van der Waals surface area contributed by atoms with Crippen molar-refractivity contribution >= 4 is 35.8 Å². The van der Waals surface area contributed by atoms with Gasteiger partial charge in [-0.05, 0) is 38.0 Å². The minimum Gasteiger partial charge on any atom is -0.377 e. The molecule has 174 valence electrons. The van der Waals surface area contributed by atoms with Crippen molar-refractivity contribution in [2.24, 2.45) is 16.3 Å². The molecule has 30 heavy (non-hydrogen) atoms. The summed E-state index contributed by atoms with van der Waals surface area (Å²) in [7, 11) is 0. The minimum absolute atomic E-state index is 0. The second-order valence-electron chi connectivity index (χ2n) is 9.86. The van der Waals surface area contributed by atoms with Crippen LogP contribution in [-0.2, 0) is 9.53 Å². The van der Waals surface area contributed by atoms with Crippen molar-refractivity contribution in [2.45, 2.75) is 65.5 Å². The number of nitrogens with one attached hydrogen (secondary N) is 2. The van der Waals surface area contributed by atoms with Crippen molar-refractivity contribution in [1.82, 2.24) is 20.4 Å². The molecule has 3 aliphatic rings. The van der Waals surface area contributed by atoms with Gasteiger partial charge in [-0.2, -0.15) is 0 Å². The number of carbonyl (C=O) groups is 1. The maximum absolute atomic E-state index is 12.1. The third-order valence-electron chi connectivity index (χ3n) is 6.09. The summed E-state index contributed by atoms with van der Waals surface area (Å²) in [5.74, 6) is 1.66. The predicted molar refractivity (Wildman–Crippen MR) is 132 cm³/mol.